The molecule has 1 amide bonds. The lowest BCUT2D eigenvalue weighted by Gasteiger charge is -2.35. The second kappa shape index (κ2) is 11.1. The number of amides is 1. The maximum atomic E-state index is 15.7. The van der Waals surface area contributed by atoms with Crippen LogP contribution in [0.25, 0.3) is 10.9 Å². The van der Waals surface area contributed by atoms with E-state index in [2.05, 4.69) is 20.3 Å². The third-order valence-electron chi connectivity index (χ3n) is 7.79. The van der Waals surface area contributed by atoms with Gasteiger partial charge < -0.3 is 15.0 Å². The average molecular weight is 548 g/mol. The van der Waals surface area contributed by atoms with Crippen LogP contribution < -0.4 is 10.1 Å². The number of halogens is 4. The number of nitrogens with one attached hydrogen (secondary N) is 1. The van der Waals surface area contributed by atoms with Gasteiger partial charge in [0.1, 0.15) is 5.67 Å². The molecule has 1 N–H and O–H groups in total. The fourth-order valence-electron chi connectivity index (χ4n) is 5.58. The fourth-order valence-corrected chi connectivity index (χ4v) is 5.58. The molecule has 1 aromatic carbocycles. The molecule has 3 aromatic rings. The number of hydrogen-bond acceptors (Lipinski definition) is 5. The molecular formula is C28H33F4N5O2. The highest BCUT2D eigenvalue weighted by atomic mass is 19.4. The summed E-state index contributed by atoms with van der Waals surface area (Å²) in [7, 11) is 1.82. The standard InChI is InChI=1S/C28H33F4N5O2/c1-36-17-22-21(3-2-4-24(22)35-36)26(38)33-20-7-11-27(29,12-8-20)13-16-37-14-9-19-5-6-25(34-23(19)10-15-37)39-18-28(30,31)32/h2-6,17,20H,7-16,18H2,1H3,(H,33,38)/t20-,27+. The number of aryl methyl sites for hydroxylation is 1. The summed E-state index contributed by atoms with van der Waals surface area (Å²) in [5.74, 6) is -0.183. The van der Waals surface area contributed by atoms with Crippen LogP contribution in [-0.2, 0) is 19.9 Å². The van der Waals surface area contributed by atoms with Gasteiger partial charge in [0, 0.05) is 62.5 Å². The Balaban J connectivity index is 1.09. The van der Waals surface area contributed by atoms with E-state index in [4.69, 9.17) is 4.74 Å². The number of carbonyl (C=O) groups is 1. The smallest absolute Gasteiger partial charge is 0.422 e. The lowest BCUT2D eigenvalue weighted by atomic mass is 9.81. The van der Waals surface area contributed by atoms with Gasteiger partial charge >= 0.3 is 6.18 Å². The Morgan fingerprint density at radius 1 is 1.15 bits per heavy atom. The summed E-state index contributed by atoms with van der Waals surface area (Å²) >= 11 is 0. The highest BCUT2D eigenvalue weighted by Crippen LogP contribution is 2.35. The van der Waals surface area contributed by atoms with E-state index in [1.807, 2.05) is 25.4 Å². The van der Waals surface area contributed by atoms with Crippen molar-refractivity contribution in [3.63, 3.8) is 0 Å². The van der Waals surface area contributed by atoms with Crippen molar-refractivity contribution < 1.29 is 27.1 Å². The summed E-state index contributed by atoms with van der Waals surface area (Å²) in [6.07, 6.45) is 1.07. The van der Waals surface area contributed by atoms with Crippen molar-refractivity contribution in [3.8, 4) is 5.88 Å². The number of fused-ring (bicyclic) bond motifs is 2. The highest BCUT2D eigenvalue weighted by molar-refractivity contribution is 6.06. The zero-order valence-corrected chi connectivity index (χ0v) is 21.9. The summed E-state index contributed by atoms with van der Waals surface area (Å²) in [4.78, 5) is 19.4. The second-order valence-corrected chi connectivity index (χ2v) is 10.7. The topological polar surface area (TPSA) is 72.3 Å². The first-order chi connectivity index (χ1) is 18.6. The van der Waals surface area contributed by atoms with E-state index >= 15 is 4.39 Å². The van der Waals surface area contributed by atoms with Crippen molar-refractivity contribution in [1.82, 2.24) is 25.0 Å². The van der Waals surface area contributed by atoms with Crippen LogP contribution in [0.5, 0.6) is 5.88 Å². The predicted molar refractivity (Wildman–Crippen MR) is 139 cm³/mol. The molecule has 2 aromatic heterocycles. The molecule has 11 heteroatoms. The van der Waals surface area contributed by atoms with Crippen LogP contribution in [0.1, 0.15) is 53.7 Å². The molecular weight excluding hydrogens is 514 g/mol. The number of carbonyl (C=O) groups excluding carboxylic acids is 1. The second-order valence-electron chi connectivity index (χ2n) is 10.7. The summed E-state index contributed by atoms with van der Waals surface area (Å²) in [6, 6.07) is 8.65. The van der Waals surface area contributed by atoms with Crippen LogP contribution in [0.4, 0.5) is 17.6 Å². The zero-order chi connectivity index (χ0) is 27.6. The number of aromatic nitrogens is 3. The Labute approximate surface area is 224 Å². The van der Waals surface area contributed by atoms with Gasteiger partial charge in [-0.25, -0.2) is 9.37 Å². The van der Waals surface area contributed by atoms with Crippen molar-refractivity contribution in [2.45, 2.75) is 62.8 Å². The van der Waals surface area contributed by atoms with Gasteiger partial charge in [-0.15, -0.1) is 0 Å². The third kappa shape index (κ3) is 6.87. The number of alkyl halides is 4. The third-order valence-corrected chi connectivity index (χ3v) is 7.79. The molecule has 1 aliphatic carbocycles. The van der Waals surface area contributed by atoms with Crippen LogP contribution in [0, 0.1) is 0 Å². The van der Waals surface area contributed by atoms with Gasteiger partial charge in [-0.05, 0) is 56.2 Å². The van der Waals surface area contributed by atoms with Gasteiger partial charge in [-0.1, -0.05) is 12.1 Å². The van der Waals surface area contributed by atoms with Crippen LogP contribution in [0.3, 0.4) is 0 Å². The predicted octanol–water partition coefficient (Wildman–Crippen LogP) is 4.78. The quantitative estimate of drug-likeness (QED) is 0.431. The van der Waals surface area contributed by atoms with Gasteiger partial charge in [0.2, 0.25) is 5.88 Å². The molecule has 5 rings (SSSR count). The van der Waals surface area contributed by atoms with Gasteiger partial charge in [-0.2, -0.15) is 18.3 Å². The minimum Gasteiger partial charge on any atom is -0.468 e. The molecule has 0 saturated heterocycles. The molecule has 0 atom stereocenters. The zero-order valence-electron chi connectivity index (χ0n) is 21.9. The Hall–Kier alpha value is -3.21. The average Bonchev–Trinajstić information content (AvgIpc) is 3.16. The van der Waals surface area contributed by atoms with Crippen molar-refractivity contribution in [2.75, 3.05) is 26.2 Å². The van der Waals surface area contributed by atoms with Crippen LogP contribution in [0.15, 0.2) is 36.5 Å². The lowest BCUT2D eigenvalue weighted by Crippen LogP contribution is -2.43. The monoisotopic (exact) mass is 547 g/mol. The molecule has 0 spiro atoms. The SMILES string of the molecule is Cn1cc2c(C(=O)N[C@H]3CC[C@](F)(CCN4CCc5ccc(OCC(F)(F)F)nc5CC4)CC3)cccc2n1. The van der Waals surface area contributed by atoms with E-state index in [0.29, 0.717) is 63.6 Å². The van der Waals surface area contributed by atoms with E-state index in [1.165, 1.54) is 6.07 Å². The van der Waals surface area contributed by atoms with E-state index in [-0.39, 0.29) is 17.8 Å². The van der Waals surface area contributed by atoms with Gasteiger partial charge in [0.05, 0.1) is 11.1 Å². The van der Waals surface area contributed by atoms with Crippen LogP contribution >= 0.6 is 0 Å². The number of pyridine rings is 1. The number of hydrogen-bond donors (Lipinski definition) is 1. The molecule has 3 heterocycles. The van der Waals surface area contributed by atoms with E-state index < -0.39 is 18.5 Å². The Bertz CT molecular complexity index is 1320. The van der Waals surface area contributed by atoms with E-state index in [1.54, 1.807) is 16.8 Å². The highest BCUT2D eigenvalue weighted by Gasteiger charge is 2.36. The first-order valence-corrected chi connectivity index (χ1v) is 13.4. The summed E-state index contributed by atoms with van der Waals surface area (Å²) < 4.78 is 59.5. The molecule has 210 valence electrons. The number of nitrogens with zero attached hydrogens (tertiary/aromatic N) is 4. The fraction of sp³-hybridized carbons (Fsp3) is 0.536. The van der Waals surface area contributed by atoms with Crippen LogP contribution in [0.2, 0.25) is 0 Å². The molecule has 39 heavy (non-hydrogen) atoms. The van der Waals surface area contributed by atoms with E-state index in [0.717, 1.165) is 28.7 Å². The minimum atomic E-state index is -4.41. The van der Waals surface area contributed by atoms with Crippen LogP contribution in [-0.4, -0.2) is 69.7 Å². The first kappa shape index (κ1) is 27.4. The molecule has 1 saturated carbocycles. The summed E-state index contributed by atoms with van der Waals surface area (Å²) in [5, 5.41) is 8.24. The molecule has 0 bridgehead atoms. The largest absolute Gasteiger partial charge is 0.468 e. The van der Waals surface area contributed by atoms with Crippen molar-refractivity contribution in [3.05, 3.63) is 53.3 Å². The summed E-state index contributed by atoms with van der Waals surface area (Å²) in [6.45, 7) is 0.639. The van der Waals surface area contributed by atoms with Crippen molar-refractivity contribution in [1.29, 1.82) is 0 Å². The first-order valence-electron chi connectivity index (χ1n) is 13.4. The van der Waals surface area contributed by atoms with Crippen molar-refractivity contribution >= 4 is 16.8 Å². The normalized spacial score (nSPS) is 22.3. The van der Waals surface area contributed by atoms with Gasteiger partial charge in [0.25, 0.3) is 5.91 Å². The summed E-state index contributed by atoms with van der Waals surface area (Å²) in [5.41, 5.74) is 1.80. The number of benzene rings is 1. The van der Waals surface area contributed by atoms with Gasteiger partial charge in [-0.3, -0.25) is 9.48 Å². The Morgan fingerprint density at radius 3 is 2.69 bits per heavy atom. The molecule has 0 radical (unpaired) electrons. The molecule has 0 unspecified atom stereocenters. The van der Waals surface area contributed by atoms with Gasteiger partial charge in [0.15, 0.2) is 6.61 Å². The maximum Gasteiger partial charge on any atom is 0.422 e. The molecule has 2 aliphatic rings. The number of rotatable bonds is 7. The Morgan fingerprint density at radius 2 is 1.92 bits per heavy atom. The van der Waals surface area contributed by atoms with Crippen molar-refractivity contribution in [2.24, 2.45) is 7.05 Å². The molecule has 7 nitrogen and oxygen atoms in total. The molecule has 1 aliphatic heterocycles. The molecule has 1 fully saturated rings. The minimum absolute atomic E-state index is 0.0248. The lowest BCUT2D eigenvalue weighted by molar-refractivity contribution is -0.154. The Kier molecular flexibility index (Phi) is 7.80. The van der Waals surface area contributed by atoms with E-state index in [9.17, 15) is 18.0 Å². The number of ether oxygens (including phenoxy) is 1. The maximum absolute atomic E-state index is 15.7.